The first-order valence-corrected chi connectivity index (χ1v) is 33.5. The summed E-state index contributed by atoms with van der Waals surface area (Å²) in [5, 5.41) is 18.5. The van der Waals surface area contributed by atoms with Crippen molar-refractivity contribution in [2.24, 2.45) is 0 Å². The van der Waals surface area contributed by atoms with Crippen LogP contribution in [-0.2, 0) is 0 Å². The molecule has 0 unspecified atom stereocenters. The molecule has 22 rings (SSSR count). The van der Waals surface area contributed by atoms with Crippen LogP contribution in [0.4, 0.5) is 0 Å². The van der Waals surface area contributed by atoms with Gasteiger partial charge in [0.2, 0.25) is 0 Å². The first-order valence-electron chi connectivity index (χ1n) is 31.5. The van der Waals surface area contributed by atoms with E-state index < -0.39 is 0 Å². The van der Waals surface area contributed by atoms with Crippen LogP contribution < -0.4 is 9.47 Å². The summed E-state index contributed by atoms with van der Waals surface area (Å²) in [5.41, 5.74) is 13.5. The van der Waals surface area contributed by atoms with Gasteiger partial charge in [-0.1, -0.05) is 169 Å². The monoisotopic (exact) mass is 1270 g/mol. The number of H-pyrrole nitrogens is 1. The van der Waals surface area contributed by atoms with Crippen molar-refractivity contribution in [3.05, 3.63) is 284 Å². The SMILES string of the molecule is Clc1ccc(-c2nc3c4c(cccc4n2)Oc2ccccc2-3)cc1.c1ccc2c(c1)Oc1cccc3nc(-c4ccc(-n5c6ccccc6c6c7ccccc7c7c8ccccc8sc7c65)cc4)nc-2c13.c1ccc2c(c1)[nH]c1c3sc4ccccc4c3c3ccccc3c21. The van der Waals surface area contributed by atoms with Gasteiger partial charge >= 0.3 is 0 Å². The molecule has 0 amide bonds. The third-order valence-corrected chi connectivity index (χ3v) is 21.3. The van der Waals surface area contributed by atoms with Crippen molar-refractivity contribution in [1.82, 2.24) is 29.5 Å². The third-order valence-electron chi connectivity index (χ3n) is 18.7. The fourth-order valence-corrected chi connectivity index (χ4v) is 17.2. The van der Waals surface area contributed by atoms with Crippen LogP contribution in [0, 0.1) is 0 Å². The van der Waals surface area contributed by atoms with Crippen LogP contribution in [0.2, 0.25) is 5.02 Å². The molecule has 2 aliphatic rings. The number of fused-ring (bicyclic) bond motifs is 24. The average molecular weight is 1270 g/mol. The highest BCUT2D eigenvalue weighted by molar-refractivity contribution is 7.27. The van der Waals surface area contributed by atoms with Crippen LogP contribution in [0.15, 0.2) is 279 Å². The summed E-state index contributed by atoms with van der Waals surface area (Å²) in [5.74, 6) is 4.61. The van der Waals surface area contributed by atoms with E-state index in [1.165, 1.54) is 106 Å². The molecule has 0 radical (unpaired) electrons. The van der Waals surface area contributed by atoms with Gasteiger partial charge in [0.15, 0.2) is 11.6 Å². The lowest BCUT2D eigenvalue weighted by Crippen LogP contribution is -2.02. The molecule has 444 valence electrons. The van der Waals surface area contributed by atoms with E-state index in [2.05, 4.69) is 185 Å². The van der Waals surface area contributed by atoms with Crippen LogP contribution >= 0.6 is 34.3 Å². The molecule has 0 saturated heterocycles. The lowest BCUT2D eigenvalue weighted by molar-refractivity contribution is 0.486. The van der Waals surface area contributed by atoms with Gasteiger partial charge in [-0.2, -0.15) is 0 Å². The van der Waals surface area contributed by atoms with Crippen molar-refractivity contribution < 1.29 is 9.47 Å². The van der Waals surface area contributed by atoms with Crippen molar-refractivity contribution >= 4 is 162 Å². The molecule has 6 aromatic heterocycles. The number of nitrogens with zero attached hydrogens (tertiary/aromatic N) is 5. The van der Waals surface area contributed by atoms with Crippen LogP contribution in [0.1, 0.15) is 0 Å². The molecule has 14 aromatic carbocycles. The summed E-state index contributed by atoms with van der Waals surface area (Å²) in [6.45, 7) is 0. The molecule has 20 aromatic rings. The number of para-hydroxylation sites is 4. The van der Waals surface area contributed by atoms with Crippen LogP contribution in [0.3, 0.4) is 0 Å². The van der Waals surface area contributed by atoms with Gasteiger partial charge < -0.3 is 19.0 Å². The van der Waals surface area contributed by atoms with Crippen molar-refractivity contribution in [3.63, 3.8) is 0 Å². The van der Waals surface area contributed by atoms with E-state index in [1.54, 1.807) is 0 Å². The Hall–Kier alpha value is -11.8. The molecule has 0 fully saturated rings. The van der Waals surface area contributed by atoms with Gasteiger partial charge in [0.1, 0.15) is 23.0 Å². The highest BCUT2D eigenvalue weighted by Gasteiger charge is 2.27. The molecule has 1 N–H and O–H groups in total. The topological polar surface area (TPSA) is 90.7 Å². The van der Waals surface area contributed by atoms with Crippen molar-refractivity contribution in [1.29, 1.82) is 0 Å². The largest absolute Gasteiger partial charge is 0.456 e. The van der Waals surface area contributed by atoms with E-state index in [0.717, 1.165) is 84.1 Å². The zero-order chi connectivity index (χ0) is 62.4. The highest BCUT2D eigenvalue weighted by atomic mass is 35.5. The van der Waals surface area contributed by atoms with Crippen LogP contribution in [0.25, 0.3) is 178 Å². The minimum atomic E-state index is 0.683. The van der Waals surface area contributed by atoms with Crippen LogP contribution in [0.5, 0.6) is 23.0 Å². The van der Waals surface area contributed by atoms with E-state index in [4.69, 9.17) is 41.0 Å². The van der Waals surface area contributed by atoms with E-state index in [9.17, 15) is 0 Å². The predicted molar refractivity (Wildman–Crippen MR) is 397 cm³/mol. The zero-order valence-electron chi connectivity index (χ0n) is 50.3. The number of aromatic nitrogens is 6. The van der Waals surface area contributed by atoms with E-state index in [0.29, 0.717) is 16.7 Å². The minimum absolute atomic E-state index is 0.683. The molecule has 0 atom stereocenters. The number of hydrogen-bond donors (Lipinski definition) is 1. The van der Waals surface area contributed by atoms with Gasteiger partial charge in [-0.25, -0.2) is 19.9 Å². The molecule has 2 aliphatic heterocycles. The van der Waals surface area contributed by atoms with Gasteiger partial charge in [0.05, 0.1) is 59.1 Å². The Kier molecular flexibility index (Phi) is 12.0. The molecule has 8 nitrogen and oxygen atoms in total. The second-order valence-corrected chi connectivity index (χ2v) is 26.6. The zero-order valence-corrected chi connectivity index (χ0v) is 52.7. The van der Waals surface area contributed by atoms with Gasteiger partial charge in [-0.05, 0) is 143 Å². The molecule has 0 spiro atoms. The molecule has 0 saturated carbocycles. The maximum absolute atomic E-state index is 6.22. The molecular weight excluding hydrogens is 1220 g/mol. The lowest BCUT2D eigenvalue weighted by atomic mass is 9.99. The first kappa shape index (κ1) is 53.8. The summed E-state index contributed by atoms with van der Waals surface area (Å²) >= 11 is 9.77. The Labute approximate surface area is 554 Å². The standard InChI is InChI=1S/C42H23N3OS.C22H13NS.C20H11ClN2O/c1-2-11-27-26(10-1)36-28-12-3-6-16-32(28)45(40(36)41-37(27)30-14-5-8-19-35(30)47-41)25-22-20-24(21-23-25)42-43-31-15-9-18-34-38(31)39(44-42)29-13-4-7-17-33(29)46-34;1-2-8-14-13(7-1)19-15-9-3-5-11-17(15)23-21(19)22-20(14)16-10-4-6-12-18(16)24-22;21-13-10-8-12(9-11-13)20-22-15-5-3-7-17-18(15)19(23-20)14-4-1-2-6-16(14)24-17/h1-23H;1-12,23H;1-11H. The summed E-state index contributed by atoms with van der Waals surface area (Å²) < 4.78 is 20.0. The molecular formula is C84H47ClN6O2S2. The second kappa shape index (κ2) is 21.1. The van der Waals surface area contributed by atoms with Gasteiger partial charge in [-0.15, -0.1) is 22.7 Å². The first-order chi connectivity index (χ1) is 47.0. The third kappa shape index (κ3) is 8.31. The number of nitrogens with one attached hydrogen (secondary N) is 1. The van der Waals surface area contributed by atoms with E-state index >= 15 is 0 Å². The molecule has 0 bridgehead atoms. The van der Waals surface area contributed by atoms with Crippen molar-refractivity contribution in [3.8, 4) is 74.0 Å². The van der Waals surface area contributed by atoms with Gasteiger partial charge in [-0.3, -0.25) is 0 Å². The predicted octanol–water partition coefficient (Wildman–Crippen LogP) is 24.3. The number of ether oxygens (including phenoxy) is 2. The Morgan fingerprint density at radius 2 is 0.779 bits per heavy atom. The summed E-state index contributed by atoms with van der Waals surface area (Å²) in [7, 11) is 0. The van der Waals surface area contributed by atoms with Gasteiger partial charge in [0.25, 0.3) is 0 Å². The Balaban J connectivity index is 0.000000108. The van der Waals surface area contributed by atoms with Crippen molar-refractivity contribution in [2.45, 2.75) is 0 Å². The maximum Gasteiger partial charge on any atom is 0.160 e. The van der Waals surface area contributed by atoms with Crippen LogP contribution in [-0.4, -0.2) is 29.5 Å². The Morgan fingerprint density at radius 1 is 0.337 bits per heavy atom. The summed E-state index contributed by atoms with van der Waals surface area (Å²) in [4.78, 5) is 23.4. The lowest BCUT2D eigenvalue weighted by Gasteiger charge is -2.20. The number of hydrogen-bond acceptors (Lipinski definition) is 8. The normalized spacial score (nSPS) is 12.2. The molecule has 0 aliphatic carbocycles. The van der Waals surface area contributed by atoms with E-state index in [1.807, 2.05) is 126 Å². The van der Waals surface area contributed by atoms with Gasteiger partial charge in [0, 0.05) is 91.0 Å². The molecule has 11 heteroatoms. The van der Waals surface area contributed by atoms with Crippen molar-refractivity contribution in [2.75, 3.05) is 0 Å². The Morgan fingerprint density at radius 3 is 1.37 bits per heavy atom. The summed E-state index contributed by atoms with van der Waals surface area (Å²) in [6, 6.07) is 96.9. The van der Waals surface area contributed by atoms with E-state index in [-0.39, 0.29) is 0 Å². The highest BCUT2D eigenvalue weighted by Crippen LogP contribution is 2.51. The number of aromatic amines is 1. The fourth-order valence-electron chi connectivity index (χ4n) is 14.6. The number of halogens is 1. The quantitative estimate of drug-likeness (QED) is 0.190. The maximum atomic E-state index is 6.22. The number of benzene rings is 14. The average Bonchev–Trinajstić information content (AvgIpc) is 1.57. The minimum Gasteiger partial charge on any atom is -0.456 e. The Bertz CT molecular complexity index is 6520. The second-order valence-electron chi connectivity index (χ2n) is 24.0. The number of rotatable bonds is 3. The smallest absolute Gasteiger partial charge is 0.160 e. The summed E-state index contributed by atoms with van der Waals surface area (Å²) in [6.07, 6.45) is 0. The fraction of sp³-hybridized carbons (Fsp3) is 0. The molecule has 8 heterocycles. The molecule has 95 heavy (non-hydrogen) atoms. The number of thiophene rings is 2.